The summed E-state index contributed by atoms with van der Waals surface area (Å²) in [7, 11) is -1.72. The zero-order chi connectivity index (χ0) is 27.5. The van der Waals surface area contributed by atoms with Gasteiger partial charge in [0.25, 0.3) is 0 Å². The lowest BCUT2D eigenvalue weighted by atomic mass is 9.85. The molecule has 4 N–H and O–H groups in total. The number of hydrogen-bond donors (Lipinski definition) is 3. The summed E-state index contributed by atoms with van der Waals surface area (Å²) in [4.78, 5) is 12.9. The molecular formula is C25H34Cl2N4O6S. The van der Waals surface area contributed by atoms with E-state index in [0.717, 1.165) is 23.2 Å². The number of benzene rings is 2. The highest BCUT2D eigenvalue weighted by molar-refractivity contribution is 7.89. The van der Waals surface area contributed by atoms with Gasteiger partial charge in [0.2, 0.25) is 10.0 Å². The molecule has 3 rings (SSSR count). The van der Waals surface area contributed by atoms with Gasteiger partial charge in [0.1, 0.15) is 0 Å². The number of halogens is 2. The fourth-order valence-electron chi connectivity index (χ4n) is 4.15. The molecule has 1 aliphatic rings. The van der Waals surface area contributed by atoms with E-state index in [1.807, 2.05) is 19.2 Å². The van der Waals surface area contributed by atoms with Gasteiger partial charge in [-0.25, -0.2) is 17.9 Å². The van der Waals surface area contributed by atoms with E-state index < -0.39 is 16.1 Å². The molecule has 2 aromatic rings. The van der Waals surface area contributed by atoms with Gasteiger partial charge in [-0.3, -0.25) is 0 Å². The van der Waals surface area contributed by atoms with E-state index >= 15 is 0 Å². The Kier molecular flexibility index (Phi) is 12.1. The Hall–Kier alpha value is -1.96. The van der Waals surface area contributed by atoms with Gasteiger partial charge in [-0.1, -0.05) is 35.3 Å². The Balaban J connectivity index is 1.43. The summed E-state index contributed by atoms with van der Waals surface area (Å²) in [5.41, 5.74) is 7.85. The Labute approximate surface area is 233 Å². The third-order valence-electron chi connectivity index (χ3n) is 5.89. The van der Waals surface area contributed by atoms with Crippen LogP contribution in [0.4, 0.5) is 4.79 Å². The number of amides is 2. The summed E-state index contributed by atoms with van der Waals surface area (Å²) in [6.45, 7) is 3.87. The van der Waals surface area contributed by atoms with Gasteiger partial charge in [-0.2, -0.15) is 0 Å². The number of ether oxygens (including phenoxy) is 3. The number of nitrogens with zero attached hydrogens (tertiary/aromatic N) is 1. The topological polar surface area (TPSA) is 132 Å². The first-order chi connectivity index (χ1) is 18.2. The van der Waals surface area contributed by atoms with Crippen LogP contribution in [0.2, 0.25) is 10.0 Å². The number of carbonyl (C=O) groups is 1. The number of fused-ring (bicyclic) bond motifs is 1. The second kappa shape index (κ2) is 15.0. The molecule has 0 radical (unpaired) electrons. The van der Waals surface area contributed by atoms with E-state index in [9.17, 15) is 13.2 Å². The van der Waals surface area contributed by atoms with Gasteiger partial charge < -0.3 is 30.2 Å². The average molecular weight is 590 g/mol. The highest BCUT2D eigenvalue weighted by Crippen LogP contribution is 2.38. The maximum atomic E-state index is 12.9. The van der Waals surface area contributed by atoms with Crippen molar-refractivity contribution in [2.24, 2.45) is 5.73 Å². The highest BCUT2D eigenvalue weighted by Gasteiger charge is 2.28. The predicted molar refractivity (Wildman–Crippen MR) is 146 cm³/mol. The van der Waals surface area contributed by atoms with E-state index in [2.05, 4.69) is 14.9 Å². The van der Waals surface area contributed by atoms with Crippen molar-refractivity contribution in [3.05, 3.63) is 63.1 Å². The monoisotopic (exact) mass is 588 g/mol. The molecule has 1 heterocycles. The molecule has 1 atom stereocenters. The molecule has 0 aromatic heterocycles. The Bertz CT molecular complexity index is 1180. The minimum atomic E-state index is -3.72. The molecule has 0 spiro atoms. The average Bonchev–Trinajstić information content (AvgIpc) is 2.87. The number of likely N-dealkylation sites (N-methyl/N-ethyl adjacent to an activating group) is 1. The van der Waals surface area contributed by atoms with Crippen LogP contribution in [-0.4, -0.2) is 85.7 Å². The number of primary amides is 1. The molecule has 13 heteroatoms. The molecule has 0 saturated carbocycles. The van der Waals surface area contributed by atoms with Crippen LogP contribution >= 0.6 is 23.2 Å². The number of nitrogens with two attached hydrogens (primary N) is 1. The first-order valence-electron chi connectivity index (χ1n) is 12.2. The molecule has 0 saturated heterocycles. The smallest absolute Gasteiger partial charge is 0.312 e. The fraction of sp³-hybridized carbons (Fsp3) is 0.480. The summed E-state index contributed by atoms with van der Waals surface area (Å²) in [5, 5.41) is 3.59. The summed E-state index contributed by atoms with van der Waals surface area (Å²) in [6, 6.07) is 10.0. The second-order valence-corrected chi connectivity index (χ2v) is 11.4. The molecule has 0 fully saturated rings. The first kappa shape index (κ1) is 30.6. The van der Waals surface area contributed by atoms with Gasteiger partial charge in [-0.15, -0.1) is 0 Å². The Morgan fingerprint density at radius 1 is 1.03 bits per heavy atom. The third kappa shape index (κ3) is 9.35. The molecule has 0 unspecified atom stereocenters. The Morgan fingerprint density at radius 3 is 2.37 bits per heavy atom. The normalized spacial score (nSPS) is 15.8. The van der Waals surface area contributed by atoms with Gasteiger partial charge in [0.15, 0.2) is 0 Å². The minimum absolute atomic E-state index is 0.0596. The van der Waals surface area contributed by atoms with Gasteiger partial charge >= 0.3 is 6.03 Å². The van der Waals surface area contributed by atoms with Crippen molar-refractivity contribution < 1.29 is 27.4 Å². The van der Waals surface area contributed by atoms with Crippen molar-refractivity contribution in [3.8, 4) is 0 Å². The second-order valence-electron chi connectivity index (χ2n) is 8.80. The van der Waals surface area contributed by atoms with Crippen LogP contribution in [-0.2, 0) is 30.8 Å². The fourth-order valence-corrected chi connectivity index (χ4v) is 5.79. The maximum Gasteiger partial charge on any atom is 0.312 e. The standard InChI is InChI=1S/C25H34Cl2N4O6S/c1-31-16-22(21-14-19(26)15-24(27)23(21)17-31)18-3-2-4-20(13-18)38(33,34)30-6-8-36-10-12-37-11-9-35-7-5-29-25(28)32/h2-4,13-15,22,30H,5-12,16-17H2,1H3,(H3,28,29,32)/t22-/m0/s1. The maximum absolute atomic E-state index is 12.9. The lowest BCUT2D eigenvalue weighted by Gasteiger charge is -2.33. The van der Waals surface area contributed by atoms with Crippen LogP contribution in [0.25, 0.3) is 0 Å². The van der Waals surface area contributed by atoms with Crippen molar-refractivity contribution in [2.75, 3.05) is 66.3 Å². The largest absolute Gasteiger partial charge is 0.378 e. The highest BCUT2D eigenvalue weighted by atomic mass is 35.5. The third-order valence-corrected chi connectivity index (χ3v) is 7.91. The summed E-state index contributed by atoms with van der Waals surface area (Å²) in [6.07, 6.45) is 0. The molecule has 38 heavy (non-hydrogen) atoms. The number of rotatable bonds is 15. The van der Waals surface area contributed by atoms with Crippen LogP contribution in [0.5, 0.6) is 0 Å². The van der Waals surface area contributed by atoms with Crippen molar-refractivity contribution in [1.82, 2.24) is 14.9 Å². The lowest BCUT2D eigenvalue weighted by molar-refractivity contribution is 0.0165. The van der Waals surface area contributed by atoms with E-state index in [4.69, 9.17) is 43.1 Å². The van der Waals surface area contributed by atoms with Crippen LogP contribution in [0.15, 0.2) is 41.3 Å². The summed E-state index contributed by atoms with van der Waals surface area (Å²) >= 11 is 12.7. The van der Waals surface area contributed by atoms with Crippen LogP contribution in [0.3, 0.4) is 0 Å². The quantitative estimate of drug-likeness (QED) is 0.272. The number of nitrogens with one attached hydrogen (secondary N) is 2. The van der Waals surface area contributed by atoms with Crippen molar-refractivity contribution in [2.45, 2.75) is 17.4 Å². The van der Waals surface area contributed by atoms with Crippen LogP contribution in [0.1, 0.15) is 22.6 Å². The number of sulfonamides is 1. The minimum Gasteiger partial charge on any atom is -0.378 e. The van der Waals surface area contributed by atoms with Crippen LogP contribution in [0, 0.1) is 0 Å². The zero-order valence-corrected chi connectivity index (χ0v) is 23.6. The summed E-state index contributed by atoms with van der Waals surface area (Å²) in [5.74, 6) is -0.0596. The lowest BCUT2D eigenvalue weighted by Crippen LogP contribution is -2.32. The summed E-state index contributed by atoms with van der Waals surface area (Å²) < 4.78 is 44.5. The number of hydrogen-bond acceptors (Lipinski definition) is 7. The van der Waals surface area contributed by atoms with Crippen molar-refractivity contribution >= 4 is 39.3 Å². The molecule has 210 valence electrons. The molecular weight excluding hydrogens is 555 g/mol. The Morgan fingerprint density at radius 2 is 1.68 bits per heavy atom. The van der Waals surface area contributed by atoms with E-state index in [0.29, 0.717) is 56.2 Å². The van der Waals surface area contributed by atoms with E-state index in [1.54, 1.807) is 24.3 Å². The first-order valence-corrected chi connectivity index (χ1v) is 14.4. The molecule has 2 amide bonds. The molecule has 1 aliphatic heterocycles. The van der Waals surface area contributed by atoms with Gasteiger partial charge in [-0.05, 0) is 48.0 Å². The van der Waals surface area contributed by atoms with E-state index in [-0.39, 0.29) is 24.0 Å². The predicted octanol–water partition coefficient (Wildman–Crippen LogP) is 2.57. The van der Waals surface area contributed by atoms with Crippen LogP contribution < -0.4 is 15.8 Å². The molecule has 0 aliphatic carbocycles. The van der Waals surface area contributed by atoms with Gasteiger partial charge in [0, 0.05) is 42.1 Å². The number of urea groups is 1. The molecule has 10 nitrogen and oxygen atoms in total. The SMILES string of the molecule is CN1Cc2c(Cl)cc(Cl)cc2[C@H](c2cccc(S(=O)(=O)NCCOCCOCCOCCNC(N)=O)c2)C1. The number of carbonyl (C=O) groups excluding carboxylic acids is 1. The molecule has 2 aromatic carbocycles. The van der Waals surface area contributed by atoms with Crippen molar-refractivity contribution in [1.29, 1.82) is 0 Å². The van der Waals surface area contributed by atoms with Gasteiger partial charge in [0.05, 0.1) is 44.5 Å². The molecule has 0 bridgehead atoms. The zero-order valence-electron chi connectivity index (χ0n) is 21.3. The van der Waals surface area contributed by atoms with E-state index in [1.165, 1.54) is 0 Å². The van der Waals surface area contributed by atoms with Crippen molar-refractivity contribution in [3.63, 3.8) is 0 Å².